The molecular weight excluding hydrogens is 440 g/mol. The lowest BCUT2D eigenvalue weighted by molar-refractivity contribution is -0.137. The molecule has 31 heavy (non-hydrogen) atoms. The molecule has 1 aromatic carbocycles. The minimum atomic E-state index is -4.61. The van der Waals surface area contributed by atoms with Crippen LogP contribution in [0.25, 0.3) is 0 Å². The predicted octanol–water partition coefficient (Wildman–Crippen LogP) is 3.01. The van der Waals surface area contributed by atoms with Gasteiger partial charge in [-0.1, -0.05) is 6.07 Å². The summed E-state index contributed by atoms with van der Waals surface area (Å²) < 4.78 is 76.4. The van der Waals surface area contributed by atoms with Crippen molar-refractivity contribution in [2.45, 2.75) is 44.2 Å². The number of allylic oxidation sites excluding steroid dienone is 1. The molecule has 2 N–H and O–H groups in total. The number of carbonyl (C=O) groups excluding carboxylic acids is 2. The Balaban J connectivity index is 1.99. The van der Waals surface area contributed by atoms with E-state index < -0.39 is 63.0 Å². The summed E-state index contributed by atoms with van der Waals surface area (Å²) in [5.41, 5.74) is -1.25. The first-order valence-corrected chi connectivity index (χ1v) is 11.3. The van der Waals surface area contributed by atoms with Gasteiger partial charge in [0.05, 0.1) is 28.9 Å². The molecule has 0 aliphatic heterocycles. The summed E-state index contributed by atoms with van der Waals surface area (Å²) in [7, 11) is -3.49. The molecule has 6 nitrogen and oxygen atoms in total. The molecule has 0 bridgehead atoms. The van der Waals surface area contributed by atoms with Gasteiger partial charge in [0, 0.05) is 23.9 Å². The maximum absolute atomic E-state index is 13.7. The van der Waals surface area contributed by atoms with Crippen LogP contribution in [0.2, 0.25) is 0 Å². The molecule has 0 spiro atoms. The minimum absolute atomic E-state index is 0.0414. The van der Waals surface area contributed by atoms with Crippen LogP contribution in [0, 0.1) is 5.92 Å². The van der Waals surface area contributed by atoms with Gasteiger partial charge in [-0.15, -0.1) is 0 Å². The van der Waals surface area contributed by atoms with Crippen LogP contribution < -0.4 is 10.6 Å². The van der Waals surface area contributed by atoms with Gasteiger partial charge in [-0.3, -0.25) is 9.59 Å². The molecule has 0 unspecified atom stereocenters. The first kappa shape index (κ1) is 24.8. The summed E-state index contributed by atoms with van der Waals surface area (Å²) in [5, 5.41) is 4.16. The molecule has 0 saturated heterocycles. The van der Waals surface area contributed by atoms with Gasteiger partial charge in [0.2, 0.25) is 5.91 Å². The van der Waals surface area contributed by atoms with Crippen molar-refractivity contribution < 1.29 is 35.6 Å². The molecule has 0 aromatic heterocycles. The van der Waals surface area contributed by atoms with Crippen LogP contribution >= 0.6 is 0 Å². The Bertz CT molecular complexity index is 958. The van der Waals surface area contributed by atoms with E-state index >= 15 is 0 Å². The number of carbonyl (C=O) groups is 2. The fraction of sp³-hybridized carbons (Fsp3) is 0.500. The molecule has 172 valence electrons. The number of sulfone groups is 1. The third-order valence-corrected chi connectivity index (χ3v) is 7.24. The lowest BCUT2D eigenvalue weighted by Gasteiger charge is -2.29. The number of benzene rings is 1. The second kappa shape index (κ2) is 9.80. The fourth-order valence-corrected chi connectivity index (χ4v) is 4.35. The van der Waals surface area contributed by atoms with Gasteiger partial charge in [-0.25, -0.2) is 12.8 Å². The number of rotatable bonds is 7. The third kappa shape index (κ3) is 7.05. The normalized spacial score (nSPS) is 19.6. The number of halogens is 4. The zero-order chi connectivity index (χ0) is 23.4. The van der Waals surface area contributed by atoms with Crippen LogP contribution in [0.4, 0.5) is 17.6 Å². The summed E-state index contributed by atoms with van der Waals surface area (Å²) in [6, 6.07) is 3.12. The zero-order valence-corrected chi connectivity index (χ0v) is 17.8. The summed E-state index contributed by atoms with van der Waals surface area (Å²) in [4.78, 5) is 24.3. The van der Waals surface area contributed by atoms with Crippen molar-refractivity contribution in [2.24, 2.45) is 5.92 Å². The Hall–Kier alpha value is -2.43. The number of nitrogens with one attached hydrogen (secondary N) is 2. The number of hydrogen-bond donors (Lipinski definition) is 2. The van der Waals surface area contributed by atoms with Gasteiger partial charge in [-0.05, 0) is 44.5 Å². The Morgan fingerprint density at radius 2 is 1.90 bits per heavy atom. The third-order valence-electron chi connectivity index (χ3n) is 4.96. The number of alkyl halides is 3. The van der Waals surface area contributed by atoms with E-state index in [1.54, 1.807) is 0 Å². The van der Waals surface area contributed by atoms with E-state index in [1.165, 1.54) is 26.0 Å². The molecule has 0 saturated carbocycles. The van der Waals surface area contributed by atoms with E-state index in [-0.39, 0.29) is 24.2 Å². The van der Waals surface area contributed by atoms with Crippen molar-refractivity contribution in [3.05, 3.63) is 47.3 Å². The van der Waals surface area contributed by atoms with Gasteiger partial charge < -0.3 is 10.6 Å². The molecular formula is C20H24F4N2O4S. The highest BCUT2D eigenvalue weighted by Crippen LogP contribution is 2.29. The summed E-state index contributed by atoms with van der Waals surface area (Å²) in [6.45, 7) is 2.49. The fourth-order valence-electron chi connectivity index (χ4n) is 3.10. The Labute approximate surface area is 178 Å². The molecule has 0 heterocycles. The number of hydrogen-bond acceptors (Lipinski definition) is 4. The minimum Gasteiger partial charge on any atom is -0.351 e. The van der Waals surface area contributed by atoms with Gasteiger partial charge in [0.25, 0.3) is 5.91 Å². The van der Waals surface area contributed by atoms with Crippen LogP contribution in [0.5, 0.6) is 0 Å². The summed E-state index contributed by atoms with van der Waals surface area (Å²) in [6.07, 6.45) is -3.19. The quantitative estimate of drug-likeness (QED) is 0.607. The van der Waals surface area contributed by atoms with Crippen LogP contribution in [-0.2, 0) is 20.8 Å². The van der Waals surface area contributed by atoms with Crippen molar-refractivity contribution in [2.75, 3.05) is 12.3 Å². The van der Waals surface area contributed by atoms with E-state index in [2.05, 4.69) is 10.6 Å². The van der Waals surface area contributed by atoms with Crippen LogP contribution in [0.1, 0.15) is 42.6 Å². The highest BCUT2D eigenvalue weighted by Gasteiger charge is 2.32. The first-order chi connectivity index (χ1) is 14.3. The van der Waals surface area contributed by atoms with Crippen LogP contribution in [-0.4, -0.2) is 43.8 Å². The lowest BCUT2D eigenvalue weighted by atomic mass is 9.91. The molecule has 2 amide bonds. The number of amides is 2. The maximum Gasteiger partial charge on any atom is 0.416 e. The molecule has 2 atom stereocenters. The highest BCUT2D eigenvalue weighted by atomic mass is 32.2. The second-order valence-electron chi connectivity index (χ2n) is 7.63. The highest BCUT2D eigenvalue weighted by molar-refractivity contribution is 7.91. The largest absolute Gasteiger partial charge is 0.416 e. The Morgan fingerprint density at radius 3 is 2.52 bits per heavy atom. The van der Waals surface area contributed by atoms with Gasteiger partial charge in [-0.2, -0.15) is 13.2 Å². The monoisotopic (exact) mass is 464 g/mol. The molecule has 1 aromatic rings. The Kier molecular flexibility index (Phi) is 7.85. The van der Waals surface area contributed by atoms with Crippen molar-refractivity contribution in [3.8, 4) is 0 Å². The lowest BCUT2D eigenvalue weighted by Crippen LogP contribution is -2.47. The SMILES string of the molecule is CC(C)S(=O)(=O)C[C@@H]1C=C(F)CC[C@@H]1NC(=O)CNC(=O)c1cccc(C(F)(F)F)c1. The maximum atomic E-state index is 13.7. The molecule has 0 radical (unpaired) electrons. The molecule has 0 fully saturated rings. The summed E-state index contributed by atoms with van der Waals surface area (Å²) in [5.74, 6) is -3.07. The van der Waals surface area contributed by atoms with Gasteiger partial charge in [0.15, 0.2) is 9.84 Å². The van der Waals surface area contributed by atoms with Gasteiger partial charge >= 0.3 is 6.18 Å². The van der Waals surface area contributed by atoms with Gasteiger partial charge in [0.1, 0.15) is 0 Å². The molecule has 11 heteroatoms. The van der Waals surface area contributed by atoms with Crippen LogP contribution in [0.3, 0.4) is 0 Å². The molecule has 1 aliphatic carbocycles. The Morgan fingerprint density at radius 1 is 1.23 bits per heavy atom. The van der Waals surface area contributed by atoms with E-state index in [1.807, 2.05) is 0 Å². The van der Waals surface area contributed by atoms with Crippen LogP contribution in [0.15, 0.2) is 36.2 Å². The molecule has 2 rings (SSSR count). The zero-order valence-electron chi connectivity index (χ0n) is 17.0. The van der Waals surface area contributed by atoms with E-state index in [0.717, 1.165) is 12.1 Å². The topological polar surface area (TPSA) is 92.3 Å². The van der Waals surface area contributed by atoms with Crippen molar-refractivity contribution in [1.82, 2.24) is 10.6 Å². The smallest absolute Gasteiger partial charge is 0.351 e. The average molecular weight is 464 g/mol. The summed E-state index contributed by atoms with van der Waals surface area (Å²) >= 11 is 0. The van der Waals surface area contributed by atoms with Crippen molar-refractivity contribution in [3.63, 3.8) is 0 Å². The predicted molar refractivity (Wildman–Crippen MR) is 107 cm³/mol. The standard InChI is InChI=1S/C20H24F4N2O4S/c1-12(2)31(29,30)11-14-9-16(21)6-7-17(14)26-18(27)10-25-19(28)13-4-3-5-15(8-13)20(22,23)24/h3-5,8-9,12,14,17H,6-7,10-11H2,1-2H3,(H,25,28)(H,26,27)/t14-,17-/m0/s1. The van der Waals surface area contributed by atoms with Crippen molar-refractivity contribution in [1.29, 1.82) is 0 Å². The van der Waals surface area contributed by atoms with Crippen molar-refractivity contribution >= 4 is 21.7 Å². The average Bonchev–Trinajstić information content (AvgIpc) is 2.67. The van der Waals surface area contributed by atoms with E-state index in [4.69, 9.17) is 0 Å². The second-order valence-corrected chi connectivity index (χ2v) is 10.2. The first-order valence-electron chi connectivity index (χ1n) is 9.62. The van der Waals surface area contributed by atoms with E-state index in [0.29, 0.717) is 6.07 Å². The molecule has 1 aliphatic rings. The van der Waals surface area contributed by atoms with E-state index in [9.17, 15) is 35.6 Å².